The first-order chi connectivity index (χ1) is 10.1. The molecule has 4 heteroatoms. The van der Waals surface area contributed by atoms with Crippen molar-refractivity contribution in [2.45, 2.75) is 32.9 Å². The molecule has 0 saturated carbocycles. The van der Waals surface area contributed by atoms with Gasteiger partial charge in [-0.05, 0) is 50.1 Å². The first-order valence-corrected chi connectivity index (χ1v) is 8.08. The SMILES string of the molecule is CCN(Cc1ccccn1)c1ccc(CC(C)N)c(Br)c1. The van der Waals surface area contributed by atoms with Gasteiger partial charge in [0, 0.05) is 28.9 Å². The number of halogens is 1. The third-order valence-corrected chi connectivity index (χ3v) is 4.14. The Hall–Kier alpha value is -1.39. The van der Waals surface area contributed by atoms with Gasteiger partial charge in [0.2, 0.25) is 0 Å². The van der Waals surface area contributed by atoms with E-state index in [0.29, 0.717) is 0 Å². The Bertz CT molecular complexity index is 570. The average molecular weight is 348 g/mol. The quantitative estimate of drug-likeness (QED) is 0.864. The summed E-state index contributed by atoms with van der Waals surface area (Å²) in [7, 11) is 0. The van der Waals surface area contributed by atoms with E-state index in [0.717, 1.165) is 29.7 Å². The van der Waals surface area contributed by atoms with Gasteiger partial charge in [0.15, 0.2) is 0 Å². The summed E-state index contributed by atoms with van der Waals surface area (Å²) in [6, 6.07) is 12.7. The van der Waals surface area contributed by atoms with Gasteiger partial charge in [-0.2, -0.15) is 0 Å². The van der Waals surface area contributed by atoms with Gasteiger partial charge < -0.3 is 10.6 Å². The van der Waals surface area contributed by atoms with Crippen molar-refractivity contribution >= 4 is 21.6 Å². The summed E-state index contributed by atoms with van der Waals surface area (Å²) in [5.74, 6) is 0. The summed E-state index contributed by atoms with van der Waals surface area (Å²) < 4.78 is 1.12. The zero-order valence-electron chi connectivity index (χ0n) is 12.6. The van der Waals surface area contributed by atoms with E-state index in [1.807, 2.05) is 25.3 Å². The van der Waals surface area contributed by atoms with Crippen molar-refractivity contribution in [2.24, 2.45) is 5.73 Å². The molecular weight excluding hydrogens is 326 g/mol. The van der Waals surface area contributed by atoms with Crippen molar-refractivity contribution in [3.63, 3.8) is 0 Å². The highest BCUT2D eigenvalue weighted by atomic mass is 79.9. The third-order valence-electron chi connectivity index (χ3n) is 3.40. The highest BCUT2D eigenvalue weighted by Gasteiger charge is 2.09. The molecule has 0 radical (unpaired) electrons. The lowest BCUT2D eigenvalue weighted by atomic mass is 10.1. The molecule has 0 aliphatic carbocycles. The summed E-state index contributed by atoms with van der Waals surface area (Å²) in [5.41, 5.74) is 9.41. The molecule has 0 amide bonds. The number of nitrogens with two attached hydrogens (primary N) is 1. The molecule has 112 valence electrons. The van der Waals surface area contributed by atoms with Crippen LogP contribution in [0, 0.1) is 0 Å². The van der Waals surface area contributed by atoms with E-state index in [-0.39, 0.29) is 6.04 Å². The van der Waals surface area contributed by atoms with Crippen LogP contribution < -0.4 is 10.6 Å². The maximum atomic E-state index is 5.88. The number of anilines is 1. The predicted octanol–water partition coefficient (Wildman–Crippen LogP) is 3.76. The summed E-state index contributed by atoms with van der Waals surface area (Å²) in [5, 5.41) is 0. The molecule has 1 aromatic carbocycles. The number of aromatic nitrogens is 1. The molecule has 1 unspecified atom stereocenters. The maximum absolute atomic E-state index is 5.88. The predicted molar refractivity (Wildman–Crippen MR) is 92.5 cm³/mol. The van der Waals surface area contributed by atoms with Crippen LogP contribution in [0.5, 0.6) is 0 Å². The van der Waals surface area contributed by atoms with Crippen LogP contribution in [0.2, 0.25) is 0 Å². The second kappa shape index (κ2) is 7.57. The molecule has 0 bridgehead atoms. The van der Waals surface area contributed by atoms with Gasteiger partial charge in [0.1, 0.15) is 0 Å². The molecular formula is C17H22BrN3. The standard InChI is InChI=1S/C17H22BrN3/c1-3-21(12-15-6-4-5-9-20-15)16-8-7-14(10-13(2)19)17(18)11-16/h4-9,11,13H,3,10,12,19H2,1-2H3. The fraction of sp³-hybridized carbons (Fsp3) is 0.353. The fourth-order valence-electron chi connectivity index (χ4n) is 2.32. The smallest absolute Gasteiger partial charge is 0.0601 e. The minimum atomic E-state index is 0.169. The summed E-state index contributed by atoms with van der Waals surface area (Å²) in [6.07, 6.45) is 2.72. The zero-order valence-corrected chi connectivity index (χ0v) is 14.2. The van der Waals surface area contributed by atoms with Crippen LogP contribution in [0.4, 0.5) is 5.69 Å². The van der Waals surface area contributed by atoms with E-state index >= 15 is 0 Å². The van der Waals surface area contributed by atoms with Crippen LogP contribution in [0.25, 0.3) is 0 Å². The molecule has 1 heterocycles. The van der Waals surface area contributed by atoms with Crippen molar-refractivity contribution in [3.8, 4) is 0 Å². The number of pyridine rings is 1. The van der Waals surface area contributed by atoms with Gasteiger partial charge in [0.25, 0.3) is 0 Å². The van der Waals surface area contributed by atoms with E-state index < -0.39 is 0 Å². The molecule has 0 aliphatic heterocycles. The molecule has 1 atom stereocenters. The Balaban J connectivity index is 2.17. The van der Waals surface area contributed by atoms with Crippen molar-refractivity contribution in [3.05, 3.63) is 58.3 Å². The van der Waals surface area contributed by atoms with E-state index in [4.69, 9.17) is 5.73 Å². The maximum Gasteiger partial charge on any atom is 0.0601 e. The third kappa shape index (κ3) is 4.55. The minimum absolute atomic E-state index is 0.169. The first-order valence-electron chi connectivity index (χ1n) is 7.29. The Morgan fingerprint density at radius 2 is 2.10 bits per heavy atom. The Kier molecular flexibility index (Phi) is 5.76. The molecule has 2 N–H and O–H groups in total. The summed E-state index contributed by atoms with van der Waals surface area (Å²) >= 11 is 3.66. The molecule has 1 aromatic heterocycles. The fourth-order valence-corrected chi connectivity index (χ4v) is 2.85. The first kappa shape index (κ1) is 16.0. The van der Waals surface area contributed by atoms with Crippen LogP contribution in [-0.2, 0) is 13.0 Å². The molecule has 0 saturated heterocycles. The van der Waals surface area contributed by atoms with Crippen LogP contribution in [0.15, 0.2) is 47.1 Å². The average Bonchev–Trinajstić information content (AvgIpc) is 2.47. The lowest BCUT2D eigenvalue weighted by molar-refractivity contribution is 0.735. The topological polar surface area (TPSA) is 42.2 Å². The van der Waals surface area contributed by atoms with Gasteiger partial charge in [-0.3, -0.25) is 4.98 Å². The minimum Gasteiger partial charge on any atom is -0.366 e. The van der Waals surface area contributed by atoms with Crippen molar-refractivity contribution < 1.29 is 0 Å². The molecule has 0 spiro atoms. The summed E-state index contributed by atoms with van der Waals surface area (Å²) in [6.45, 7) is 5.94. The number of hydrogen-bond donors (Lipinski definition) is 1. The lowest BCUT2D eigenvalue weighted by Crippen LogP contribution is -2.23. The number of rotatable bonds is 6. The lowest BCUT2D eigenvalue weighted by Gasteiger charge is -2.23. The zero-order chi connectivity index (χ0) is 15.2. The van der Waals surface area contributed by atoms with E-state index in [1.165, 1.54) is 11.3 Å². The Labute approximate surface area is 135 Å². The second-order valence-corrected chi connectivity index (χ2v) is 6.15. The molecule has 0 fully saturated rings. The highest BCUT2D eigenvalue weighted by molar-refractivity contribution is 9.10. The van der Waals surface area contributed by atoms with Crippen molar-refractivity contribution in [1.82, 2.24) is 4.98 Å². The van der Waals surface area contributed by atoms with E-state index in [1.54, 1.807) is 0 Å². The number of hydrogen-bond acceptors (Lipinski definition) is 3. The van der Waals surface area contributed by atoms with Gasteiger partial charge in [-0.25, -0.2) is 0 Å². The molecule has 21 heavy (non-hydrogen) atoms. The van der Waals surface area contributed by atoms with Gasteiger partial charge in [-0.15, -0.1) is 0 Å². The Morgan fingerprint density at radius 3 is 2.67 bits per heavy atom. The van der Waals surface area contributed by atoms with Gasteiger partial charge in [-0.1, -0.05) is 28.1 Å². The molecule has 2 aromatic rings. The number of benzene rings is 1. The van der Waals surface area contributed by atoms with Gasteiger partial charge >= 0.3 is 0 Å². The van der Waals surface area contributed by atoms with Crippen molar-refractivity contribution in [2.75, 3.05) is 11.4 Å². The van der Waals surface area contributed by atoms with Crippen molar-refractivity contribution in [1.29, 1.82) is 0 Å². The Morgan fingerprint density at radius 1 is 1.29 bits per heavy atom. The van der Waals surface area contributed by atoms with Crippen LogP contribution >= 0.6 is 15.9 Å². The van der Waals surface area contributed by atoms with Crippen LogP contribution in [0.1, 0.15) is 25.1 Å². The van der Waals surface area contributed by atoms with E-state index in [2.05, 4.69) is 57.0 Å². The summed E-state index contributed by atoms with van der Waals surface area (Å²) in [4.78, 5) is 6.71. The number of nitrogens with zero attached hydrogens (tertiary/aromatic N) is 2. The molecule has 0 aliphatic rings. The van der Waals surface area contributed by atoms with E-state index in [9.17, 15) is 0 Å². The second-order valence-electron chi connectivity index (χ2n) is 5.29. The van der Waals surface area contributed by atoms with Crippen LogP contribution in [0.3, 0.4) is 0 Å². The molecule has 2 rings (SSSR count). The molecule has 3 nitrogen and oxygen atoms in total. The van der Waals surface area contributed by atoms with Gasteiger partial charge in [0.05, 0.1) is 12.2 Å². The normalized spacial score (nSPS) is 12.2. The highest BCUT2D eigenvalue weighted by Crippen LogP contribution is 2.26. The van der Waals surface area contributed by atoms with Crippen LogP contribution in [-0.4, -0.2) is 17.6 Å². The largest absolute Gasteiger partial charge is 0.366 e. The monoisotopic (exact) mass is 347 g/mol.